The van der Waals surface area contributed by atoms with Crippen LogP contribution < -0.4 is 10.6 Å². The van der Waals surface area contributed by atoms with E-state index in [-0.39, 0.29) is 23.3 Å². The van der Waals surface area contributed by atoms with E-state index in [2.05, 4.69) is 10.6 Å². The highest BCUT2D eigenvalue weighted by atomic mass is 32.1. The summed E-state index contributed by atoms with van der Waals surface area (Å²) in [5.41, 5.74) is 0.182. The lowest BCUT2D eigenvalue weighted by Gasteiger charge is -2.39. The molecule has 0 radical (unpaired) electrons. The Hall–Kier alpha value is -2.19. The molecule has 2 amide bonds. The lowest BCUT2D eigenvalue weighted by Crippen LogP contribution is -2.61. The average molecular weight is 480 g/mol. The van der Waals surface area contributed by atoms with Crippen molar-refractivity contribution in [1.29, 1.82) is 0 Å². The molecule has 8 heteroatoms. The van der Waals surface area contributed by atoms with Gasteiger partial charge in [-0.15, -0.1) is 0 Å². The molecule has 0 spiro atoms. The predicted octanol–water partition coefficient (Wildman–Crippen LogP) is 3.66. The van der Waals surface area contributed by atoms with Gasteiger partial charge in [0.25, 0.3) is 0 Å². The molecule has 3 N–H and O–H groups in total. The van der Waals surface area contributed by atoms with Crippen molar-refractivity contribution in [2.45, 2.75) is 78.9 Å². The molecule has 1 aromatic heterocycles. The first-order valence-corrected chi connectivity index (χ1v) is 12.2. The molecule has 186 valence electrons. The molecule has 0 unspecified atom stereocenters. The molecule has 3 atom stereocenters. The van der Waals surface area contributed by atoms with Gasteiger partial charge in [-0.1, -0.05) is 54.5 Å². The van der Waals surface area contributed by atoms with Crippen LogP contribution in [0.3, 0.4) is 0 Å². The minimum absolute atomic E-state index is 0.00727. The largest absolute Gasteiger partial charge is 0.478 e. The van der Waals surface area contributed by atoms with Crippen LogP contribution in [0.5, 0.6) is 0 Å². The van der Waals surface area contributed by atoms with E-state index in [1.165, 1.54) is 6.92 Å². The smallest absolute Gasteiger partial charge is 0.331 e. The third-order valence-electron chi connectivity index (χ3n) is 6.17. The molecule has 0 aliphatic carbocycles. The van der Waals surface area contributed by atoms with Crippen LogP contribution in [0, 0.1) is 11.3 Å². The number of nitrogens with one attached hydrogen (secondary N) is 2. The molecule has 0 saturated carbocycles. The van der Waals surface area contributed by atoms with E-state index in [0.29, 0.717) is 0 Å². The van der Waals surface area contributed by atoms with Gasteiger partial charge in [-0.25, -0.2) is 4.79 Å². The number of carboxylic acid groups (broad SMARTS) is 1. The van der Waals surface area contributed by atoms with E-state index in [4.69, 9.17) is 0 Å². The monoisotopic (exact) mass is 479 g/mol. The number of hydrogen-bond acceptors (Lipinski definition) is 5. The van der Waals surface area contributed by atoms with Crippen molar-refractivity contribution in [2.24, 2.45) is 11.3 Å². The molecule has 0 saturated heterocycles. The first-order valence-electron chi connectivity index (χ1n) is 11.2. The third kappa shape index (κ3) is 7.14. The number of carboxylic acids is 1. The minimum atomic E-state index is -1.02. The predicted molar refractivity (Wildman–Crippen MR) is 134 cm³/mol. The second-order valence-electron chi connectivity index (χ2n) is 10.6. The Morgan fingerprint density at radius 2 is 1.70 bits per heavy atom. The summed E-state index contributed by atoms with van der Waals surface area (Å²) in [7, 11) is 3.40. The number of hydrogen-bond donors (Lipinski definition) is 3. The number of carbonyl (C=O) groups excluding carboxylic acids is 2. The summed E-state index contributed by atoms with van der Waals surface area (Å²) in [6.45, 7) is 15.1. The summed E-state index contributed by atoms with van der Waals surface area (Å²) in [5, 5.41) is 19.4. The van der Waals surface area contributed by atoms with Gasteiger partial charge in [0.15, 0.2) is 0 Å². The van der Waals surface area contributed by atoms with Gasteiger partial charge in [-0.2, -0.15) is 11.3 Å². The molecule has 33 heavy (non-hydrogen) atoms. The fourth-order valence-electron chi connectivity index (χ4n) is 3.92. The Morgan fingerprint density at radius 1 is 1.12 bits per heavy atom. The second kappa shape index (κ2) is 11.3. The number of rotatable bonds is 10. The highest BCUT2D eigenvalue weighted by Crippen LogP contribution is 2.30. The van der Waals surface area contributed by atoms with Crippen molar-refractivity contribution in [2.75, 3.05) is 14.1 Å². The van der Waals surface area contributed by atoms with Crippen LogP contribution in [0.2, 0.25) is 0 Å². The molecule has 0 aliphatic heterocycles. The van der Waals surface area contributed by atoms with E-state index in [9.17, 15) is 19.5 Å². The maximum atomic E-state index is 13.6. The minimum Gasteiger partial charge on any atom is -0.478 e. The molecule has 0 aliphatic rings. The zero-order valence-electron chi connectivity index (χ0n) is 21.6. The summed E-state index contributed by atoms with van der Waals surface area (Å²) < 4.78 is 0. The molecule has 0 fully saturated rings. The topological polar surface area (TPSA) is 98.7 Å². The maximum Gasteiger partial charge on any atom is 0.331 e. The van der Waals surface area contributed by atoms with Gasteiger partial charge in [0.1, 0.15) is 6.04 Å². The number of nitrogens with zero attached hydrogens (tertiary/aromatic N) is 1. The Bertz CT molecular complexity index is 854. The summed E-state index contributed by atoms with van der Waals surface area (Å²) >= 11 is 1.58. The van der Waals surface area contributed by atoms with Crippen LogP contribution in [-0.4, -0.2) is 60.0 Å². The first kappa shape index (κ1) is 28.8. The fraction of sp³-hybridized carbons (Fsp3) is 0.640. The van der Waals surface area contributed by atoms with Crippen molar-refractivity contribution < 1.29 is 19.5 Å². The van der Waals surface area contributed by atoms with Crippen LogP contribution >= 0.6 is 11.3 Å². The lowest BCUT2D eigenvalue weighted by molar-refractivity contribution is -0.141. The van der Waals surface area contributed by atoms with Gasteiger partial charge in [-0.3, -0.25) is 9.59 Å². The number of aliphatic carboxylic acids is 1. The molecule has 0 aromatic carbocycles. The highest BCUT2D eigenvalue weighted by Gasteiger charge is 2.41. The second-order valence-corrected chi connectivity index (χ2v) is 11.4. The molecule has 7 nitrogen and oxygen atoms in total. The number of thiophene rings is 1. The summed E-state index contributed by atoms with van der Waals surface area (Å²) in [4.78, 5) is 40.0. The molecule has 1 aromatic rings. The average Bonchev–Trinajstić information content (AvgIpc) is 3.23. The van der Waals surface area contributed by atoms with E-state index >= 15 is 0 Å². The first-order chi connectivity index (χ1) is 15.0. The van der Waals surface area contributed by atoms with Crippen LogP contribution in [0.1, 0.15) is 61.0 Å². The van der Waals surface area contributed by atoms with Crippen LogP contribution in [-0.2, 0) is 19.8 Å². The van der Waals surface area contributed by atoms with Gasteiger partial charge in [0.05, 0.1) is 12.1 Å². The van der Waals surface area contributed by atoms with Gasteiger partial charge in [-0.05, 0) is 47.7 Å². The maximum absolute atomic E-state index is 13.6. The number of carbonyl (C=O) groups is 3. The Balaban J connectivity index is 3.26. The van der Waals surface area contributed by atoms with Crippen LogP contribution in [0.25, 0.3) is 0 Å². The Labute approximate surface area is 202 Å². The third-order valence-corrected chi connectivity index (χ3v) is 6.86. The number of likely N-dealkylation sites (N-methyl/N-ethyl adjacent to an activating group) is 2. The quantitative estimate of drug-likeness (QED) is 0.445. The molecule has 0 bridgehead atoms. The van der Waals surface area contributed by atoms with Crippen LogP contribution in [0.4, 0.5) is 0 Å². The summed E-state index contributed by atoms with van der Waals surface area (Å²) in [6.07, 6.45) is 1.60. The molecular formula is C25H41N3O4S. The van der Waals surface area contributed by atoms with E-state index in [1.54, 1.807) is 36.4 Å². The molecule has 1 heterocycles. The van der Waals surface area contributed by atoms with Gasteiger partial charge in [0, 0.05) is 18.0 Å². The van der Waals surface area contributed by atoms with Crippen molar-refractivity contribution >= 4 is 29.1 Å². The van der Waals surface area contributed by atoms with Gasteiger partial charge >= 0.3 is 5.97 Å². The van der Waals surface area contributed by atoms with Crippen LogP contribution in [0.15, 0.2) is 28.5 Å². The van der Waals surface area contributed by atoms with Crippen molar-refractivity contribution in [1.82, 2.24) is 15.5 Å². The Morgan fingerprint density at radius 3 is 2.09 bits per heavy atom. The summed E-state index contributed by atoms with van der Waals surface area (Å²) in [6, 6.07) is 0.249. The van der Waals surface area contributed by atoms with E-state index in [1.807, 2.05) is 65.3 Å². The SMILES string of the molecule is CN[C@@H](C(=O)N[C@H](C(=O)N(C)[C@H](/C=C(\C)C(=O)O)C(C)C)C(C)(C)C)C(C)(C)c1ccsc1. The normalized spacial score (nSPS) is 15.7. The summed E-state index contributed by atoms with van der Waals surface area (Å²) in [5.74, 6) is -1.54. The lowest BCUT2D eigenvalue weighted by atomic mass is 9.78. The molecule has 1 rings (SSSR count). The zero-order valence-corrected chi connectivity index (χ0v) is 22.5. The van der Waals surface area contributed by atoms with Crippen molar-refractivity contribution in [3.63, 3.8) is 0 Å². The fourth-order valence-corrected chi connectivity index (χ4v) is 4.75. The van der Waals surface area contributed by atoms with Gasteiger partial charge in [0.2, 0.25) is 11.8 Å². The Kier molecular flexibility index (Phi) is 9.87. The standard InChI is InChI=1S/C25H41N3O4S/c1-15(2)18(13-16(3)23(31)32)28(10)22(30)20(24(4,5)6)27-21(29)19(26-9)25(7,8)17-11-12-33-14-17/h11-15,18-20,26H,1-10H3,(H,27,29)(H,31,32)/b16-13+/t18-,19+,20-/m1/s1. The van der Waals surface area contributed by atoms with Gasteiger partial charge < -0.3 is 20.6 Å². The van der Waals surface area contributed by atoms with Crippen molar-refractivity contribution in [3.8, 4) is 0 Å². The highest BCUT2D eigenvalue weighted by molar-refractivity contribution is 7.08. The van der Waals surface area contributed by atoms with E-state index in [0.717, 1.165) is 5.56 Å². The van der Waals surface area contributed by atoms with E-state index < -0.39 is 34.9 Å². The molecular weight excluding hydrogens is 438 g/mol. The zero-order chi connectivity index (χ0) is 25.7. The van der Waals surface area contributed by atoms with Crippen molar-refractivity contribution in [3.05, 3.63) is 34.0 Å². The number of amides is 2.